The van der Waals surface area contributed by atoms with Crippen LogP contribution in [-0.4, -0.2) is 20.7 Å². The molecule has 1 aliphatic rings. The fourth-order valence-electron chi connectivity index (χ4n) is 1.41. The van der Waals surface area contributed by atoms with Crippen LogP contribution in [0.15, 0.2) is 0 Å². The van der Waals surface area contributed by atoms with Gasteiger partial charge in [-0.05, 0) is 0 Å². The number of aromatic nitrogens is 3. The molecule has 0 radical (unpaired) electrons. The van der Waals surface area contributed by atoms with E-state index in [9.17, 15) is 4.79 Å². The predicted molar refractivity (Wildman–Crippen MR) is 47.4 cm³/mol. The predicted octanol–water partition coefficient (Wildman–Crippen LogP) is 0.528. The molecule has 0 fully saturated rings. The molecule has 0 bridgehead atoms. The monoisotopic (exact) mass is 180 g/mol. The first-order valence-corrected chi connectivity index (χ1v) is 4.22. The maximum atomic E-state index is 11.0. The van der Waals surface area contributed by atoms with Gasteiger partial charge in [0.1, 0.15) is 12.4 Å². The minimum absolute atomic E-state index is 0.0181. The Morgan fingerprint density at radius 2 is 2.08 bits per heavy atom. The number of hydrogen-bond donors (Lipinski definition) is 1. The number of carbonyl (C=O) groups is 1. The molecule has 0 saturated heterocycles. The zero-order valence-corrected chi connectivity index (χ0v) is 7.96. The molecular weight excluding hydrogens is 168 g/mol. The molecule has 0 atom stereocenters. The normalized spacial score (nSPS) is 15.8. The van der Waals surface area contributed by atoms with E-state index >= 15 is 0 Å². The van der Waals surface area contributed by atoms with E-state index in [0.717, 1.165) is 5.82 Å². The first kappa shape index (κ1) is 8.22. The first-order valence-electron chi connectivity index (χ1n) is 4.22. The molecule has 0 spiro atoms. The molecule has 1 aromatic heterocycles. The van der Waals surface area contributed by atoms with Crippen molar-refractivity contribution in [2.24, 2.45) is 0 Å². The molecule has 0 unspecified atom stereocenters. The fraction of sp³-hybridized carbons (Fsp3) is 0.625. The van der Waals surface area contributed by atoms with Crippen LogP contribution in [0, 0.1) is 0 Å². The van der Waals surface area contributed by atoms with E-state index in [1.54, 1.807) is 0 Å². The number of rotatable bonds is 0. The highest BCUT2D eigenvalue weighted by Crippen LogP contribution is 2.24. The Morgan fingerprint density at radius 3 is 2.69 bits per heavy atom. The average Bonchev–Trinajstić information content (AvgIpc) is 2.41. The molecule has 1 N–H and O–H groups in total. The molecule has 70 valence electrons. The molecule has 2 rings (SSSR count). The van der Waals surface area contributed by atoms with E-state index in [1.807, 2.05) is 25.3 Å². The van der Waals surface area contributed by atoms with Crippen LogP contribution in [0.2, 0.25) is 0 Å². The number of amides is 1. The topological polar surface area (TPSA) is 59.8 Å². The number of nitrogens with zero attached hydrogens (tertiary/aromatic N) is 3. The largest absolute Gasteiger partial charge is 0.293 e. The first-order chi connectivity index (χ1) is 5.98. The van der Waals surface area contributed by atoms with Gasteiger partial charge in [-0.1, -0.05) is 20.8 Å². The number of nitrogens with one attached hydrogen (secondary N) is 1. The van der Waals surface area contributed by atoms with Crippen LogP contribution in [0.3, 0.4) is 0 Å². The van der Waals surface area contributed by atoms with Crippen LogP contribution < -0.4 is 5.32 Å². The van der Waals surface area contributed by atoms with Gasteiger partial charge >= 0.3 is 0 Å². The van der Waals surface area contributed by atoms with Gasteiger partial charge in [0, 0.05) is 5.41 Å². The van der Waals surface area contributed by atoms with Crippen molar-refractivity contribution in [1.29, 1.82) is 0 Å². The average molecular weight is 180 g/mol. The number of hydrogen-bond acceptors (Lipinski definition) is 3. The summed E-state index contributed by atoms with van der Waals surface area (Å²) in [6.07, 6.45) is 0. The van der Waals surface area contributed by atoms with Gasteiger partial charge < -0.3 is 0 Å². The van der Waals surface area contributed by atoms with E-state index in [1.165, 1.54) is 0 Å². The Hall–Kier alpha value is -1.39. The summed E-state index contributed by atoms with van der Waals surface area (Å²) < 4.78 is 1.82. The lowest BCUT2D eigenvalue weighted by Gasteiger charge is -2.16. The summed E-state index contributed by atoms with van der Waals surface area (Å²) in [4.78, 5) is 11.0. The van der Waals surface area contributed by atoms with E-state index in [0.29, 0.717) is 12.5 Å². The van der Waals surface area contributed by atoms with Gasteiger partial charge in [0.25, 0.3) is 0 Å². The highest BCUT2D eigenvalue weighted by molar-refractivity contribution is 5.92. The van der Waals surface area contributed by atoms with E-state index in [4.69, 9.17) is 0 Å². The van der Waals surface area contributed by atoms with Crippen molar-refractivity contribution in [3.8, 4) is 0 Å². The highest BCUT2D eigenvalue weighted by atomic mass is 16.2. The van der Waals surface area contributed by atoms with Crippen molar-refractivity contribution in [3.63, 3.8) is 0 Å². The standard InChI is InChI=1S/C8H12N4O/c1-8(2,3)6-10-11-7-9-5(13)4-12(6)7/h4H2,1-3H3,(H,9,11,13). The molecule has 2 heterocycles. The smallest absolute Gasteiger partial charge is 0.246 e. The van der Waals surface area contributed by atoms with E-state index < -0.39 is 0 Å². The Morgan fingerprint density at radius 1 is 1.38 bits per heavy atom. The molecule has 1 aliphatic heterocycles. The summed E-state index contributed by atoms with van der Waals surface area (Å²) >= 11 is 0. The third-order valence-corrected chi connectivity index (χ3v) is 1.97. The number of fused-ring (bicyclic) bond motifs is 1. The van der Waals surface area contributed by atoms with E-state index in [2.05, 4.69) is 15.5 Å². The van der Waals surface area contributed by atoms with Crippen LogP contribution in [0.4, 0.5) is 5.95 Å². The van der Waals surface area contributed by atoms with Gasteiger partial charge in [-0.2, -0.15) is 0 Å². The van der Waals surface area contributed by atoms with Crippen molar-refractivity contribution in [1.82, 2.24) is 14.8 Å². The molecule has 0 aromatic carbocycles. The van der Waals surface area contributed by atoms with Crippen molar-refractivity contribution in [2.45, 2.75) is 32.7 Å². The zero-order chi connectivity index (χ0) is 9.64. The molecule has 5 nitrogen and oxygen atoms in total. The molecular formula is C8H12N4O. The van der Waals surface area contributed by atoms with Crippen LogP contribution in [0.1, 0.15) is 26.6 Å². The van der Waals surface area contributed by atoms with Crippen molar-refractivity contribution in [3.05, 3.63) is 5.82 Å². The van der Waals surface area contributed by atoms with Crippen LogP contribution in [-0.2, 0) is 16.8 Å². The van der Waals surface area contributed by atoms with Crippen LogP contribution >= 0.6 is 0 Å². The summed E-state index contributed by atoms with van der Waals surface area (Å²) in [7, 11) is 0. The fourth-order valence-corrected chi connectivity index (χ4v) is 1.41. The summed E-state index contributed by atoms with van der Waals surface area (Å²) in [6.45, 7) is 6.49. The molecule has 0 saturated carbocycles. The van der Waals surface area contributed by atoms with Crippen LogP contribution in [0.25, 0.3) is 0 Å². The quantitative estimate of drug-likeness (QED) is 0.633. The molecule has 1 aromatic rings. The Kier molecular flexibility index (Phi) is 1.46. The van der Waals surface area contributed by atoms with Gasteiger partial charge in [0.2, 0.25) is 11.9 Å². The highest BCUT2D eigenvalue weighted by Gasteiger charge is 2.29. The number of anilines is 1. The SMILES string of the molecule is CC(C)(C)c1nnc2n1CC(=O)N2. The molecule has 0 aliphatic carbocycles. The van der Waals surface area contributed by atoms with Gasteiger partial charge in [-0.15, -0.1) is 10.2 Å². The van der Waals surface area contributed by atoms with Crippen molar-refractivity contribution in [2.75, 3.05) is 5.32 Å². The number of carbonyl (C=O) groups excluding carboxylic acids is 1. The second kappa shape index (κ2) is 2.31. The third kappa shape index (κ3) is 1.20. The Balaban J connectivity index is 2.47. The Bertz CT molecular complexity index is 361. The zero-order valence-electron chi connectivity index (χ0n) is 7.96. The van der Waals surface area contributed by atoms with Gasteiger partial charge in [-0.25, -0.2) is 0 Å². The second-order valence-corrected chi connectivity index (χ2v) is 4.23. The van der Waals surface area contributed by atoms with Crippen molar-refractivity contribution >= 4 is 11.9 Å². The molecule has 13 heavy (non-hydrogen) atoms. The second-order valence-electron chi connectivity index (χ2n) is 4.23. The maximum Gasteiger partial charge on any atom is 0.246 e. The Labute approximate surface area is 76.2 Å². The third-order valence-electron chi connectivity index (χ3n) is 1.97. The van der Waals surface area contributed by atoms with Crippen LogP contribution in [0.5, 0.6) is 0 Å². The van der Waals surface area contributed by atoms with Crippen molar-refractivity contribution < 1.29 is 4.79 Å². The summed E-state index contributed by atoms with van der Waals surface area (Å²) in [5, 5.41) is 10.6. The van der Waals surface area contributed by atoms with E-state index in [-0.39, 0.29) is 11.3 Å². The molecule has 5 heteroatoms. The minimum Gasteiger partial charge on any atom is -0.293 e. The molecule has 1 amide bonds. The van der Waals surface area contributed by atoms with Gasteiger partial charge in [0.15, 0.2) is 0 Å². The lowest BCUT2D eigenvalue weighted by Crippen LogP contribution is -2.19. The summed E-state index contributed by atoms with van der Waals surface area (Å²) in [5.74, 6) is 1.39. The van der Waals surface area contributed by atoms with Gasteiger partial charge in [-0.3, -0.25) is 14.7 Å². The summed E-state index contributed by atoms with van der Waals surface area (Å²) in [5.41, 5.74) is -0.0719. The maximum absolute atomic E-state index is 11.0. The lowest BCUT2D eigenvalue weighted by atomic mass is 9.96. The summed E-state index contributed by atoms with van der Waals surface area (Å²) in [6, 6.07) is 0. The lowest BCUT2D eigenvalue weighted by molar-refractivity contribution is -0.115. The van der Waals surface area contributed by atoms with Gasteiger partial charge in [0.05, 0.1) is 0 Å². The minimum atomic E-state index is -0.0719.